The van der Waals surface area contributed by atoms with E-state index in [4.69, 9.17) is 0 Å². The third kappa shape index (κ3) is 28.5. The van der Waals surface area contributed by atoms with E-state index in [9.17, 15) is 33.6 Å². The average Bonchev–Trinajstić information content (AvgIpc) is 1.60. The zero-order valence-corrected chi connectivity index (χ0v) is 61.5. The van der Waals surface area contributed by atoms with Gasteiger partial charge in [-0.1, -0.05) is 220 Å². The van der Waals surface area contributed by atoms with Crippen molar-refractivity contribution in [2.45, 2.75) is 367 Å². The van der Waals surface area contributed by atoms with E-state index >= 15 is 0 Å². The number of hydrogen-bond acceptors (Lipinski definition) is 7. The topological polar surface area (TPSA) is 119 Å². The Morgan fingerprint density at radius 3 is 1.17 bits per heavy atom. The lowest BCUT2D eigenvalue weighted by Crippen LogP contribution is -2.29. The molecule has 516 valence electrons. The Kier molecular flexibility index (Phi) is 35.2. The summed E-state index contributed by atoms with van der Waals surface area (Å²) >= 11 is 0. The Morgan fingerprint density at radius 1 is 0.489 bits per heavy atom. The summed E-state index contributed by atoms with van der Waals surface area (Å²) < 4.78 is 0. The molecule has 7 nitrogen and oxygen atoms in total. The molecule has 0 aromatic carbocycles. The molecular weight excluding hydrogens is 1110 g/mol. The van der Waals surface area contributed by atoms with Gasteiger partial charge in [0.15, 0.2) is 0 Å². The van der Waals surface area contributed by atoms with Crippen LogP contribution in [-0.2, 0) is 33.6 Å². The van der Waals surface area contributed by atoms with Crippen molar-refractivity contribution in [2.75, 3.05) is 0 Å². The number of unbranched alkanes of at least 4 members (excludes halogenated alkanes) is 14. The third-order valence-electron chi connectivity index (χ3n) is 24.1. The molecule has 0 saturated heterocycles. The molecule has 0 bridgehead atoms. The van der Waals surface area contributed by atoms with E-state index in [1.165, 1.54) is 189 Å². The molecule has 0 radical (unpaired) electrons. The summed E-state index contributed by atoms with van der Waals surface area (Å²) in [5.74, 6) is 3.06. The summed E-state index contributed by atoms with van der Waals surface area (Å²) in [5.41, 5.74) is 5.75. The van der Waals surface area contributed by atoms with Gasteiger partial charge in [-0.15, -0.1) is 0 Å². The normalized spacial score (nSPS) is 23.9. The van der Waals surface area contributed by atoms with Crippen molar-refractivity contribution >= 4 is 44.0 Å². The second-order valence-electron chi connectivity index (χ2n) is 33.7. The maximum absolute atomic E-state index is 11.0. The minimum absolute atomic E-state index is 0.0533. The highest BCUT2D eigenvalue weighted by Crippen LogP contribution is 2.62. The predicted octanol–water partition coefficient (Wildman–Crippen LogP) is 23.4. The summed E-state index contributed by atoms with van der Waals surface area (Å²) in [6.07, 6.45) is 65.7. The lowest BCUT2D eigenvalue weighted by molar-refractivity contribution is -0.115. The van der Waals surface area contributed by atoms with Gasteiger partial charge in [0.25, 0.3) is 0 Å². The van der Waals surface area contributed by atoms with Crippen LogP contribution >= 0.6 is 0 Å². The summed E-state index contributed by atoms with van der Waals surface area (Å²) in [6, 6.07) is 0. The highest BCUT2D eigenvalue weighted by atomic mass is 16.1. The molecular formula is C83H142O7. The van der Waals surface area contributed by atoms with Crippen LogP contribution in [0, 0.1) is 78.3 Å². The van der Waals surface area contributed by atoms with Crippen molar-refractivity contribution in [1.82, 2.24) is 0 Å². The summed E-state index contributed by atoms with van der Waals surface area (Å²) in [6.45, 7) is 33.3. The first-order chi connectivity index (χ1) is 42.7. The summed E-state index contributed by atoms with van der Waals surface area (Å²) in [7, 11) is 0. The van der Waals surface area contributed by atoms with E-state index in [0.717, 1.165) is 141 Å². The van der Waals surface area contributed by atoms with Crippen LogP contribution in [0.3, 0.4) is 0 Å². The van der Waals surface area contributed by atoms with Gasteiger partial charge in [-0.2, -0.15) is 0 Å². The SMILES string of the molecule is CC(C)=CCCC(C)C1(C=O)CC1.CC(CC(C)(C)C)C1(C=O)CC1.CC1=CCC(C(C)C2(C=O)CC2)CC1.CC1=CCC(C2(C=O)CC2)C1(C)C.CCCCCCC1(C=O)CC1.CCCCCCCCC1(C=O)CC1.CCCCCCCCCC1(C=O)CC1. The van der Waals surface area contributed by atoms with E-state index in [1.54, 1.807) is 0 Å². The van der Waals surface area contributed by atoms with E-state index in [2.05, 4.69) is 122 Å². The van der Waals surface area contributed by atoms with Crippen LogP contribution in [0.25, 0.3) is 0 Å². The fourth-order valence-corrected chi connectivity index (χ4v) is 14.6. The number of hydrogen-bond donors (Lipinski definition) is 0. The predicted molar refractivity (Wildman–Crippen MR) is 380 cm³/mol. The van der Waals surface area contributed by atoms with E-state index in [0.29, 0.717) is 29.1 Å². The number of rotatable bonds is 36. The first-order valence-electron chi connectivity index (χ1n) is 37.9. The molecule has 7 heteroatoms. The Bertz CT molecular complexity index is 2200. The molecule has 90 heavy (non-hydrogen) atoms. The van der Waals surface area contributed by atoms with Gasteiger partial charge in [-0.3, -0.25) is 0 Å². The molecule has 7 saturated carbocycles. The smallest absolute Gasteiger partial charge is 0.126 e. The molecule has 0 spiro atoms. The second kappa shape index (κ2) is 39.1. The van der Waals surface area contributed by atoms with Gasteiger partial charge in [0.05, 0.1) is 0 Å². The molecule has 0 aromatic heterocycles. The molecule has 0 aromatic rings. The van der Waals surface area contributed by atoms with Gasteiger partial charge in [-0.25, -0.2) is 0 Å². The van der Waals surface area contributed by atoms with Crippen molar-refractivity contribution in [3.63, 3.8) is 0 Å². The Hall–Kier alpha value is -3.09. The second-order valence-corrected chi connectivity index (χ2v) is 33.7. The minimum atomic E-state index is 0.0533. The summed E-state index contributed by atoms with van der Waals surface area (Å²) in [4.78, 5) is 75.6. The van der Waals surface area contributed by atoms with Gasteiger partial charge in [-0.05, 0) is 222 Å². The highest BCUT2D eigenvalue weighted by molar-refractivity contribution is 5.66. The van der Waals surface area contributed by atoms with E-state index in [-0.39, 0.29) is 43.3 Å². The highest BCUT2D eigenvalue weighted by Gasteiger charge is 2.56. The molecule has 5 unspecified atom stereocenters. The lowest BCUT2D eigenvalue weighted by Gasteiger charge is -2.33. The molecule has 9 aliphatic carbocycles. The zero-order chi connectivity index (χ0) is 67.2. The molecule has 5 atom stereocenters. The first kappa shape index (κ1) is 81.1. The lowest BCUT2D eigenvalue weighted by atomic mass is 9.70. The largest absolute Gasteiger partial charge is 0.303 e. The maximum Gasteiger partial charge on any atom is 0.126 e. The fraction of sp³-hybridized carbons (Fsp3) is 0.843. The van der Waals surface area contributed by atoms with Gasteiger partial charge >= 0.3 is 0 Å². The van der Waals surface area contributed by atoms with Crippen LogP contribution < -0.4 is 0 Å². The van der Waals surface area contributed by atoms with Crippen LogP contribution in [0.5, 0.6) is 0 Å². The molecule has 9 aliphatic rings. The van der Waals surface area contributed by atoms with Crippen LogP contribution in [0.4, 0.5) is 0 Å². The Morgan fingerprint density at radius 2 is 0.878 bits per heavy atom. The molecule has 0 N–H and O–H groups in total. The fourth-order valence-electron chi connectivity index (χ4n) is 14.6. The minimum Gasteiger partial charge on any atom is -0.303 e. The van der Waals surface area contributed by atoms with Crippen molar-refractivity contribution < 1.29 is 33.6 Å². The number of allylic oxidation sites excluding steroid dienone is 6. The van der Waals surface area contributed by atoms with Crippen LogP contribution in [0.15, 0.2) is 34.9 Å². The molecule has 0 heterocycles. The molecule has 9 rings (SSSR count). The van der Waals surface area contributed by atoms with Crippen LogP contribution in [0.2, 0.25) is 0 Å². The molecule has 0 amide bonds. The Labute approximate surface area is 555 Å². The number of carbonyl (C=O) groups excluding carboxylic acids is 7. The summed E-state index contributed by atoms with van der Waals surface area (Å²) in [5, 5.41) is 0. The average molecular weight is 1250 g/mol. The first-order valence-corrected chi connectivity index (χ1v) is 37.9. The van der Waals surface area contributed by atoms with Crippen LogP contribution in [-0.4, -0.2) is 44.0 Å². The van der Waals surface area contributed by atoms with Gasteiger partial charge in [0.2, 0.25) is 0 Å². The van der Waals surface area contributed by atoms with Crippen molar-refractivity contribution in [3.05, 3.63) is 34.9 Å². The maximum atomic E-state index is 11.0. The molecule has 7 fully saturated rings. The zero-order valence-electron chi connectivity index (χ0n) is 61.5. The van der Waals surface area contributed by atoms with E-state index < -0.39 is 0 Å². The monoisotopic (exact) mass is 1250 g/mol. The van der Waals surface area contributed by atoms with Crippen molar-refractivity contribution in [3.8, 4) is 0 Å². The van der Waals surface area contributed by atoms with Crippen molar-refractivity contribution in [1.29, 1.82) is 0 Å². The van der Waals surface area contributed by atoms with Crippen LogP contribution in [0.1, 0.15) is 367 Å². The number of carbonyl (C=O) groups is 7. The van der Waals surface area contributed by atoms with Gasteiger partial charge < -0.3 is 33.6 Å². The van der Waals surface area contributed by atoms with E-state index in [1.807, 2.05) is 0 Å². The standard InChI is InChI=1S/C13H20O.C13H24O.C12H18O.C12H20O.C12H22O.C11H20O.C10H18O/c1-10-3-5-12(6-4-10)11(2)13(9-14)7-8-13;1-2-3-4-5-6-7-8-9-13(12-14)10-11-13;1-9-4-5-10(11(9,2)3)12(8-13)6-7-12;1-10(2)5-4-6-11(3)12(9-13)7-8-12;1-2-3-4-5-6-7-8-12(11-13)9-10-12;1-9(7-10(2,3)4)11(8-12)5-6-11;1-2-3-4-5-6-10(9-11)7-8-10/h3,9,11-12H,4-8H2,1-2H3;12H,2-11H2,1H3;4,8,10H,5-7H2,1-3H3;5,9,11H,4,6-8H2,1-3H3;11H,2-10H2,1H3;8-9H,5-7H2,1-4H3;9H,2-8H2,1H3. The number of aldehydes is 7. The third-order valence-corrected chi connectivity index (χ3v) is 24.1. The van der Waals surface area contributed by atoms with Gasteiger partial charge in [0.1, 0.15) is 44.0 Å². The Balaban J connectivity index is 0.000000275. The quantitative estimate of drug-likeness (QED) is 0.0348. The van der Waals surface area contributed by atoms with Crippen molar-refractivity contribution in [2.24, 2.45) is 78.3 Å². The molecule has 0 aliphatic heterocycles. The van der Waals surface area contributed by atoms with Gasteiger partial charge in [0, 0.05) is 37.9 Å².